The molecule has 1 aromatic heterocycles. The molecule has 0 fully saturated rings. The van der Waals surface area contributed by atoms with E-state index in [2.05, 4.69) is 4.98 Å². The lowest BCUT2D eigenvalue weighted by Crippen LogP contribution is -2.31. The number of rotatable bonds is 5. The Kier molecular flexibility index (Phi) is 4.81. The molecule has 0 bridgehead atoms. The van der Waals surface area contributed by atoms with Gasteiger partial charge in [0.2, 0.25) is 0 Å². The maximum atomic E-state index is 12.9. The van der Waals surface area contributed by atoms with Crippen LogP contribution in [0.1, 0.15) is 25.1 Å². The highest BCUT2D eigenvalue weighted by Crippen LogP contribution is 2.38. The van der Waals surface area contributed by atoms with Crippen LogP contribution in [0.3, 0.4) is 0 Å². The molecule has 0 spiro atoms. The quantitative estimate of drug-likeness (QED) is 0.783. The SMILES string of the molecule is CC(C)SC1=C(c2ccccc2)C(=O)N(Cc2ccccn2)C1=O. The van der Waals surface area contributed by atoms with Crippen LogP contribution in [0.5, 0.6) is 0 Å². The molecule has 0 saturated heterocycles. The van der Waals surface area contributed by atoms with E-state index >= 15 is 0 Å². The second-order valence-electron chi connectivity index (χ2n) is 5.75. The minimum Gasteiger partial charge on any atom is -0.269 e. The van der Waals surface area contributed by atoms with E-state index in [1.165, 1.54) is 16.7 Å². The van der Waals surface area contributed by atoms with Crippen molar-refractivity contribution in [1.29, 1.82) is 0 Å². The van der Waals surface area contributed by atoms with Crippen LogP contribution in [0.25, 0.3) is 5.57 Å². The van der Waals surface area contributed by atoms with Gasteiger partial charge in [-0.05, 0) is 17.7 Å². The molecule has 1 aliphatic rings. The number of carbonyl (C=O) groups is 2. The molecule has 1 aromatic carbocycles. The van der Waals surface area contributed by atoms with E-state index in [0.29, 0.717) is 16.2 Å². The van der Waals surface area contributed by atoms with Crippen molar-refractivity contribution in [3.63, 3.8) is 0 Å². The zero-order chi connectivity index (χ0) is 17.1. The van der Waals surface area contributed by atoms with E-state index in [4.69, 9.17) is 0 Å². The summed E-state index contributed by atoms with van der Waals surface area (Å²) in [6.45, 7) is 4.22. The normalized spacial score (nSPS) is 14.9. The van der Waals surface area contributed by atoms with Gasteiger partial charge < -0.3 is 0 Å². The van der Waals surface area contributed by atoms with Crippen molar-refractivity contribution in [1.82, 2.24) is 9.88 Å². The Bertz CT molecular complexity index is 786. The largest absolute Gasteiger partial charge is 0.269 e. The lowest BCUT2D eigenvalue weighted by Gasteiger charge is -2.14. The van der Waals surface area contributed by atoms with Crippen LogP contribution in [-0.4, -0.2) is 26.9 Å². The molecule has 5 heteroatoms. The van der Waals surface area contributed by atoms with Gasteiger partial charge in [-0.2, -0.15) is 0 Å². The maximum absolute atomic E-state index is 12.9. The summed E-state index contributed by atoms with van der Waals surface area (Å²) in [5.41, 5.74) is 1.97. The number of carbonyl (C=O) groups excluding carboxylic acids is 2. The average Bonchev–Trinajstić information content (AvgIpc) is 2.81. The van der Waals surface area contributed by atoms with Crippen LogP contribution in [0.4, 0.5) is 0 Å². The van der Waals surface area contributed by atoms with Crippen LogP contribution in [0.2, 0.25) is 0 Å². The van der Waals surface area contributed by atoms with Crippen molar-refractivity contribution in [3.05, 3.63) is 70.9 Å². The smallest absolute Gasteiger partial charge is 0.268 e. The van der Waals surface area contributed by atoms with Crippen molar-refractivity contribution in [3.8, 4) is 0 Å². The summed E-state index contributed by atoms with van der Waals surface area (Å²) < 4.78 is 0. The fourth-order valence-electron chi connectivity index (χ4n) is 2.56. The third kappa shape index (κ3) is 3.26. The number of imide groups is 1. The molecule has 0 aliphatic carbocycles. The minimum atomic E-state index is -0.250. The lowest BCUT2D eigenvalue weighted by atomic mass is 10.1. The highest BCUT2D eigenvalue weighted by molar-refractivity contribution is 8.04. The number of thioether (sulfide) groups is 1. The molecule has 0 saturated carbocycles. The van der Waals surface area contributed by atoms with E-state index in [0.717, 1.165) is 5.56 Å². The molecule has 2 aromatic rings. The van der Waals surface area contributed by atoms with Crippen LogP contribution in [-0.2, 0) is 16.1 Å². The Morgan fingerprint density at radius 2 is 1.71 bits per heavy atom. The average molecular weight is 338 g/mol. The molecule has 0 unspecified atom stereocenters. The van der Waals surface area contributed by atoms with Gasteiger partial charge >= 0.3 is 0 Å². The van der Waals surface area contributed by atoms with E-state index in [1.54, 1.807) is 6.20 Å². The van der Waals surface area contributed by atoms with Crippen molar-refractivity contribution < 1.29 is 9.59 Å². The summed E-state index contributed by atoms with van der Waals surface area (Å²) >= 11 is 1.44. The summed E-state index contributed by atoms with van der Waals surface area (Å²) in [4.78, 5) is 31.8. The Labute approximate surface area is 145 Å². The molecule has 1 aliphatic heterocycles. The summed E-state index contributed by atoms with van der Waals surface area (Å²) in [5, 5.41) is 0.213. The van der Waals surface area contributed by atoms with Crippen LogP contribution in [0, 0.1) is 0 Å². The van der Waals surface area contributed by atoms with Gasteiger partial charge in [-0.3, -0.25) is 19.5 Å². The Balaban J connectivity index is 1.98. The molecule has 24 heavy (non-hydrogen) atoms. The number of hydrogen-bond donors (Lipinski definition) is 0. The van der Waals surface area contributed by atoms with Gasteiger partial charge in [-0.25, -0.2) is 0 Å². The first kappa shape index (κ1) is 16.5. The topological polar surface area (TPSA) is 50.3 Å². The van der Waals surface area contributed by atoms with Gasteiger partial charge in [0, 0.05) is 11.4 Å². The van der Waals surface area contributed by atoms with Gasteiger partial charge in [0.15, 0.2) is 0 Å². The molecular weight excluding hydrogens is 320 g/mol. The van der Waals surface area contributed by atoms with E-state index in [1.807, 2.05) is 62.4 Å². The van der Waals surface area contributed by atoms with Crippen molar-refractivity contribution >= 4 is 29.1 Å². The van der Waals surface area contributed by atoms with E-state index in [-0.39, 0.29) is 23.6 Å². The van der Waals surface area contributed by atoms with Crippen LogP contribution < -0.4 is 0 Å². The predicted octanol–water partition coefficient (Wildman–Crippen LogP) is 3.50. The molecule has 2 amide bonds. The minimum absolute atomic E-state index is 0.191. The summed E-state index contributed by atoms with van der Waals surface area (Å²) in [6, 6.07) is 14.9. The second-order valence-corrected chi connectivity index (χ2v) is 7.34. The Morgan fingerprint density at radius 1 is 1.00 bits per heavy atom. The van der Waals surface area contributed by atoms with Crippen molar-refractivity contribution in [2.75, 3.05) is 0 Å². The van der Waals surface area contributed by atoms with Gasteiger partial charge in [0.25, 0.3) is 11.8 Å². The molecule has 0 N–H and O–H groups in total. The van der Waals surface area contributed by atoms with Gasteiger partial charge in [-0.15, -0.1) is 11.8 Å². The molecule has 4 nitrogen and oxygen atoms in total. The zero-order valence-corrected chi connectivity index (χ0v) is 14.4. The molecule has 0 atom stereocenters. The van der Waals surface area contributed by atoms with Gasteiger partial charge in [0.1, 0.15) is 0 Å². The molecule has 3 rings (SSSR count). The number of pyridine rings is 1. The van der Waals surface area contributed by atoms with Crippen LogP contribution >= 0.6 is 11.8 Å². The number of nitrogens with zero attached hydrogens (tertiary/aromatic N) is 2. The number of aromatic nitrogens is 1. The lowest BCUT2D eigenvalue weighted by molar-refractivity contribution is -0.137. The van der Waals surface area contributed by atoms with Crippen LogP contribution in [0.15, 0.2) is 59.6 Å². The highest BCUT2D eigenvalue weighted by atomic mass is 32.2. The number of amides is 2. The maximum Gasteiger partial charge on any atom is 0.268 e. The van der Waals surface area contributed by atoms with Crippen molar-refractivity contribution in [2.45, 2.75) is 25.6 Å². The third-order valence-corrected chi connectivity index (χ3v) is 4.67. The molecular formula is C19H18N2O2S. The monoisotopic (exact) mass is 338 g/mol. The summed E-state index contributed by atoms with van der Waals surface area (Å²) in [5.74, 6) is -0.483. The fraction of sp³-hybridized carbons (Fsp3) is 0.211. The molecule has 122 valence electrons. The Morgan fingerprint density at radius 3 is 2.33 bits per heavy atom. The number of benzene rings is 1. The first-order valence-corrected chi connectivity index (χ1v) is 8.68. The first-order chi connectivity index (χ1) is 11.6. The second kappa shape index (κ2) is 7.01. The predicted molar refractivity (Wildman–Crippen MR) is 95.9 cm³/mol. The van der Waals surface area contributed by atoms with Gasteiger partial charge in [-0.1, -0.05) is 50.2 Å². The Hall–Kier alpha value is -2.40. The van der Waals surface area contributed by atoms with E-state index in [9.17, 15) is 9.59 Å². The summed E-state index contributed by atoms with van der Waals surface area (Å²) in [7, 11) is 0. The summed E-state index contributed by atoms with van der Waals surface area (Å²) in [6.07, 6.45) is 1.66. The fourth-order valence-corrected chi connectivity index (χ4v) is 3.56. The first-order valence-electron chi connectivity index (χ1n) is 7.80. The molecule has 2 heterocycles. The highest BCUT2D eigenvalue weighted by Gasteiger charge is 2.39. The standard InChI is InChI=1S/C19H18N2O2S/c1-13(2)24-17-16(14-8-4-3-5-9-14)18(22)21(19(17)23)12-15-10-6-7-11-20-15/h3-11,13H,12H2,1-2H3. The van der Waals surface area contributed by atoms with Crippen molar-refractivity contribution in [2.24, 2.45) is 0 Å². The molecule has 0 radical (unpaired) electrons. The zero-order valence-electron chi connectivity index (χ0n) is 13.6. The van der Waals surface area contributed by atoms with E-state index < -0.39 is 0 Å². The van der Waals surface area contributed by atoms with Gasteiger partial charge in [0.05, 0.1) is 22.7 Å². The number of hydrogen-bond acceptors (Lipinski definition) is 4. The third-order valence-electron chi connectivity index (χ3n) is 3.59.